The average Bonchev–Trinajstić information content (AvgIpc) is 2.49. The van der Waals surface area contributed by atoms with Crippen molar-refractivity contribution in [3.63, 3.8) is 0 Å². The number of fused-ring (bicyclic) bond motifs is 1. The highest BCUT2D eigenvalue weighted by Crippen LogP contribution is 2.22. The Labute approximate surface area is 102 Å². The quantitative estimate of drug-likeness (QED) is 0.735. The van der Waals surface area contributed by atoms with Crippen LogP contribution in [0.3, 0.4) is 0 Å². The van der Waals surface area contributed by atoms with Gasteiger partial charge in [-0.25, -0.2) is 8.42 Å². The van der Waals surface area contributed by atoms with Gasteiger partial charge in [-0.05, 0) is 5.92 Å². The molecule has 0 aromatic rings. The molecule has 2 fully saturated rings. The van der Waals surface area contributed by atoms with Crippen molar-refractivity contribution < 1.29 is 13.2 Å². The third-order valence-electron chi connectivity index (χ3n) is 3.39. The summed E-state index contributed by atoms with van der Waals surface area (Å²) in [6.07, 6.45) is 0.503. The molecule has 0 spiro atoms. The fraction of sp³-hybridized carbons (Fsp3) is 0.909. The van der Waals surface area contributed by atoms with Crippen molar-refractivity contribution in [2.24, 2.45) is 5.92 Å². The van der Waals surface area contributed by atoms with Crippen LogP contribution in [0.1, 0.15) is 20.3 Å². The molecule has 0 radical (unpaired) electrons. The van der Waals surface area contributed by atoms with Crippen molar-refractivity contribution in [3.05, 3.63) is 0 Å². The van der Waals surface area contributed by atoms with E-state index >= 15 is 0 Å². The minimum absolute atomic E-state index is 0.0649. The normalized spacial score (nSPS) is 31.6. The lowest BCUT2D eigenvalue weighted by Gasteiger charge is -2.37. The number of nitrogens with zero attached hydrogens (tertiary/aromatic N) is 1. The van der Waals surface area contributed by atoms with Gasteiger partial charge in [-0.15, -0.1) is 0 Å². The molecule has 1 N–H and O–H groups in total. The largest absolute Gasteiger partial charge is 0.336 e. The van der Waals surface area contributed by atoms with Crippen LogP contribution in [-0.2, 0) is 14.6 Å². The van der Waals surface area contributed by atoms with E-state index in [2.05, 4.69) is 5.32 Å². The van der Waals surface area contributed by atoms with Gasteiger partial charge in [0.15, 0.2) is 9.84 Å². The molecule has 0 aromatic heterocycles. The van der Waals surface area contributed by atoms with Gasteiger partial charge in [0.1, 0.15) is 0 Å². The Morgan fingerprint density at radius 1 is 1.41 bits per heavy atom. The van der Waals surface area contributed by atoms with Gasteiger partial charge in [-0.1, -0.05) is 13.8 Å². The number of nitrogens with one attached hydrogen (secondary N) is 1. The van der Waals surface area contributed by atoms with E-state index in [9.17, 15) is 13.2 Å². The van der Waals surface area contributed by atoms with Crippen LogP contribution in [0.5, 0.6) is 0 Å². The van der Waals surface area contributed by atoms with Crippen molar-refractivity contribution in [1.29, 1.82) is 0 Å². The SMILES string of the molecule is CC(C)CC(=O)N1CCN[C@H]2CS(=O)(=O)C[C@H]21. The fourth-order valence-corrected chi connectivity index (χ4v) is 4.60. The molecule has 2 rings (SSSR count). The van der Waals surface area contributed by atoms with E-state index < -0.39 is 9.84 Å². The zero-order valence-electron chi connectivity index (χ0n) is 10.3. The van der Waals surface area contributed by atoms with Crippen molar-refractivity contribution in [2.75, 3.05) is 24.6 Å². The van der Waals surface area contributed by atoms with Crippen LogP contribution in [0.4, 0.5) is 0 Å². The summed E-state index contributed by atoms with van der Waals surface area (Å²) in [5, 5.41) is 3.20. The minimum atomic E-state index is -2.98. The molecular formula is C11H20N2O3S. The molecular weight excluding hydrogens is 240 g/mol. The Morgan fingerprint density at radius 3 is 2.76 bits per heavy atom. The number of carbonyl (C=O) groups is 1. The van der Waals surface area contributed by atoms with Crippen molar-refractivity contribution >= 4 is 15.7 Å². The molecule has 5 nitrogen and oxygen atoms in total. The van der Waals surface area contributed by atoms with Gasteiger partial charge in [0, 0.05) is 25.6 Å². The summed E-state index contributed by atoms with van der Waals surface area (Å²) >= 11 is 0. The van der Waals surface area contributed by atoms with E-state index in [0.717, 1.165) is 0 Å². The second-order valence-electron chi connectivity index (χ2n) is 5.39. The van der Waals surface area contributed by atoms with E-state index in [4.69, 9.17) is 0 Å². The molecule has 98 valence electrons. The lowest BCUT2D eigenvalue weighted by molar-refractivity contribution is -0.135. The first-order chi connectivity index (χ1) is 7.89. The zero-order valence-corrected chi connectivity index (χ0v) is 11.2. The molecule has 2 atom stereocenters. The standard InChI is InChI=1S/C11H20N2O3S/c1-8(2)5-11(14)13-4-3-12-9-6-17(15,16)7-10(9)13/h8-10,12H,3-7H2,1-2H3/t9-,10+/m0/s1. The predicted octanol–water partition coefficient (Wildman–Crippen LogP) is -0.370. The second-order valence-corrected chi connectivity index (χ2v) is 7.54. The first kappa shape index (κ1) is 12.8. The van der Waals surface area contributed by atoms with Crippen LogP contribution in [-0.4, -0.2) is 55.9 Å². The zero-order chi connectivity index (χ0) is 12.6. The van der Waals surface area contributed by atoms with Gasteiger partial charge in [0.05, 0.1) is 17.5 Å². The third kappa shape index (κ3) is 2.80. The molecule has 2 saturated heterocycles. The highest BCUT2D eigenvalue weighted by molar-refractivity contribution is 7.91. The highest BCUT2D eigenvalue weighted by Gasteiger charge is 2.44. The molecule has 0 aliphatic carbocycles. The van der Waals surface area contributed by atoms with Gasteiger partial charge < -0.3 is 10.2 Å². The van der Waals surface area contributed by atoms with Crippen LogP contribution in [0.15, 0.2) is 0 Å². The summed E-state index contributed by atoms with van der Waals surface area (Å²) < 4.78 is 23.2. The Balaban J connectivity index is 2.10. The maximum Gasteiger partial charge on any atom is 0.223 e. The summed E-state index contributed by atoms with van der Waals surface area (Å²) in [7, 11) is -2.98. The van der Waals surface area contributed by atoms with Crippen LogP contribution >= 0.6 is 0 Å². The van der Waals surface area contributed by atoms with Gasteiger partial charge in [0.25, 0.3) is 0 Å². The smallest absolute Gasteiger partial charge is 0.223 e. The highest BCUT2D eigenvalue weighted by atomic mass is 32.2. The van der Waals surface area contributed by atoms with Gasteiger partial charge in [-0.3, -0.25) is 4.79 Å². The number of hydrogen-bond acceptors (Lipinski definition) is 4. The Bertz CT molecular complexity index is 405. The Morgan fingerprint density at radius 2 is 2.12 bits per heavy atom. The number of hydrogen-bond donors (Lipinski definition) is 1. The minimum Gasteiger partial charge on any atom is -0.336 e. The van der Waals surface area contributed by atoms with Crippen LogP contribution in [0, 0.1) is 5.92 Å². The number of piperazine rings is 1. The first-order valence-corrected chi connectivity index (χ1v) is 7.94. The number of rotatable bonds is 2. The molecule has 0 aromatic carbocycles. The maximum atomic E-state index is 12.1. The summed E-state index contributed by atoms with van der Waals surface area (Å²) in [4.78, 5) is 13.8. The molecule has 1 amide bonds. The maximum absolute atomic E-state index is 12.1. The van der Waals surface area contributed by atoms with E-state index in [1.54, 1.807) is 4.90 Å². The van der Waals surface area contributed by atoms with Crippen molar-refractivity contribution in [1.82, 2.24) is 10.2 Å². The Kier molecular flexibility index (Phi) is 3.45. The molecule has 17 heavy (non-hydrogen) atoms. The van der Waals surface area contributed by atoms with Crippen molar-refractivity contribution in [2.45, 2.75) is 32.4 Å². The summed E-state index contributed by atoms with van der Waals surface area (Å²) in [5.74, 6) is 0.694. The second kappa shape index (κ2) is 4.57. The van der Waals surface area contributed by atoms with E-state index in [1.165, 1.54) is 0 Å². The molecule has 0 bridgehead atoms. The molecule has 2 aliphatic rings. The third-order valence-corrected chi connectivity index (χ3v) is 5.10. The Hall–Kier alpha value is -0.620. The lowest BCUT2D eigenvalue weighted by Crippen LogP contribution is -2.59. The van der Waals surface area contributed by atoms with E-state index in [0.29, 0.717) is 25.4 Å². The van der Waals surface area contributed by atoms with Crippen molar-refractivity contribution in [3.8, 4) is 0 Å². The summed E-state index contributed by atoms with van der Waals surface area (Å²) in [6, 6.07) is -0.218. The van der Waals surface area contributed by atoms with E-state index in [1.807, 2.05) is 13.8 Å². The molecule has 2 aliphatic heterocycles. The summed E-state index contributed by atoms with van der Waals surface area (Å²) in [6.45, 7) is 5.33. The summed E-state index contributed by atoms with van der Waals surface area (Å²) in [5.41, 5.74) is 0. The van der Waals surface area contributed by atoms with Crippen LogP contribution in [0.25, 0.3) is 0 Å². The topological polar surface area (TPSA) is 66.5 Å². The number of sulfone groups is 1. The number of amides is 1. The molecule has 0 unspecified atom stereocenters. The van der Waals surface area contributed by atoms with Gasteiger partial charge in [0.2, 0.25) is 5.91 Å². The number of carbonyl (C=O) groups excluding carboxylic acids is 1. The first-order valence-electron chi connectivity index (χ1n) is 6.12. The molecule has 0 saturated carbocycles. The molecule has 6 heteroatoms. The average molecular weight is 260 g/mol. The van der Waals surface area contributed by atoms with Gasteiger partial charge in [-0.2, -0.15) is 0 Å². The van der Waals surface area contributed by atoms with Crippen LogP contribution in [0.2, 0.25) is 0 Å². The fourth-order valence-electron chi connectivity index (χ4n) is 2.64. The lowest BCUT2D eigenvalue weighted by atomic mass is 10.0. The monoisotopic (exact) mass is 260 g/mol. The van der Waals surface area contributed by atoms with Gasteiger partial charge >= 0.3 is 0 Å². The molecule has 2 heterocycles. The van der Waals surface area contributed by atoms with Crippen LogP contribution < -0.4 is 5.32 Å². The van der Waals surface area contributed by atoms with E-state index in [-0.39, 0.29) is 29.5 Å². The predicted molar refractivity (Wildman–Crippen MR) is 65.4 cm³/mol.